The normalized spacial score (nSPS) is 13.1. The van der Waals surface area contributed by atoms with Crippen LogP contribution in [0.15, 0.2) is 70.0 Å². The highest BCUT2D eigenvalue weighted by atomic mass is 32.2. The average Bonchev–Trinajstić information content (AvgIpc) is 3.31. The number of benzene rings is 3. The quantitative estimate of drug-likeness (QED) is 0.328. The summed E-state index contributed by atoms with van der Waals surface area (Å²) in [6.45, 7) is 4.26. The molecule has 140 valence electrons. The third-order valence-electron chi connectivity index (χ3n) is 5.36. The molecule has 0 amide bonds. The molecule has 1 unspecified atom stereocenters. The highest BCUT2D eigenvalue weighted by molar-refractivity contribution is 8.14. The predicted octanol–water partition coefficient (Wildman–Crippen LogP) is 6.57. The van der Waals surface area contributed by atoms with Gasteiger partial charge in [-0.25, -0.2) is 4.98 Å². The maximum absolute atomic E-state index is 6.55. The van der Waals surface area contributed by atoms with Crippen LogP contribution >= 0.6 is 10.5 Å². The van der Waals surface area contributed by atoms with Gasteiger partial charge in [-0.15, -0.1) is 0 Å². The lowest BCUT2D eigenvalue weighted by Crippen LogP contribution is -2.00. The number of hydrogen-bond donors (Lipinski definition) is 0. The second kappa shape index (κ2) is 6.64. The van der Waals surface area contributed by atoms with Gasteiger partial charge in [-0.2, -0.15) is 10.5 Å². The van der Waals surface area contributed by atoms with Crippen molar-refractivity contribution in [3.8, 4) is 5.69 Å². The number of fused-ring (bicyclic) bond motifs is 4. The van der Waals surface area contributed by atoms with Gasteiger partial charge in [0.05, 0.1) is 16.7 Å². The van der Waals surface area contributed by atoms with Crippen molar-refractivity contribution in [3.05, 3.63) is 66.5 Å². The molecule has 3 aromatic carbocycles. The summed E-state index contributed by atoms with van der Waals surface area (Å²) in [7, 11) is 0.0489. The fourth-order valence-corrected chi connectivity index (χ4v) is 4.91. The Hall–Kier alpha value is -2.85. The van der Waals surface area contributed by atoms with Crippen LogP contribution in [-0.2, 0) is 6.42 Å². The minimum atomic E-state index is 0.0489. The van der Waals surface area contributed by atoms with Gasteiger partial charge < -0.3 is 4.42 Å². The number of aromatic nitrogens is 2. The molecule has 2 heterocycles. The van der Waals surface area contributed by atoms with E-state index in [0.717, 1.165) is 45.5 Å². The summed E-state index contributed by atoms with van der Waals surface area (Å²) < 4.78 is 8.80. The Morgan fingerprint density at radius 1 is 0.964 bits per heavy atom. The monoisotopic (exact) mass is 386 g/mol. The molecule has 4 heteroatoms. The minimum Gasteiger partial charge on any atom is -0.453 e. The number of nitrogens with zero attached hydrogens (tertiary/aromatic N) is 2. The predicted molar refractivity (Wildman–Crippen MR) is 121 cm³/mol. The molecule has 5 rings (SSSR count). The van der Waals surface area contributed by atoms with Crippen LogP contribution in [0.4, 0.5) is 0 Å². The number of para-hydroxylation sites is 4. The average molecular weight is 387 g/mol. The lowest BCUT2D eigenvalue weighted by molar-refractivity contribution is 0.656. The molecule has 0 aliphatic carbocycles. The fourth-order valence-electron chi connectivity index (χ4n) is 3.92. The molecule has 0 saturated carbocycles. The summed E-state index contributed by atoms with van der Waals surface area (Å²) in [5.74, 6) is 1.05. The Balaban J connectivity index is 1.90. The summed E-state index contributed by atoms with van der Waals surface area (Å²) in [4.78, 5) is 6.10. The van der Waals surface area contributed by atoms with Crippen LogP contribution in [0.3, 0.4) is 0 Å². The maximum Gasteiger partial charge on any atom is 0.159 e. The molecule has 0 aliphatic heterocycles. The second-order valence-corrected chi connectivity index (χ2v) is 8.91. The molecule has 2 aromatic heterocycles. The second-order valence-electron chi connectivity index (χ2n) is 6.89. The highest BCUT2D eigenvalue weighted by Gasteiger charge is 2.18. The van der Waals surface area contributed by atoms with E-state index >= 15 is 0 Å². The van der Waals surface area contributed by atoms with E-state index in [9.17, 15) is 0 Å². The van der Waals surface area contributed by atoms with Gasteiger partial charge in [0.25, 0.3) is 0 Å². The first-order chi connectivity index (χ1) is 13.7. The van der Waals surface area contributed by atoms with Gasteiger partial charge in [-0.1, -0.05) is 48.7 Å². The van der Waals surface area contributed by atoms with Gasteiger partial charge in [-0.05, 0) is 37.4 Å². The highest BCUT2D eigenvalue weighted by Crippen LogP contribution is 2.39. The van der Waals surface area contributed by atoms with E-state index in [4.69, 9.17) is 9.40 Å². The van der Waals surface area contributed by atoms with Crippen LogP contribution in [0.5, 0.6) is 0 Å². The fraction of sp³-hybridized carbons (Fsp3) is 0.167. The molecule has 0 spiro atoms. The van der Waals surface area contributed by atoms with E-state index in [1.165, 1.54) is 10.3 Å². The van der Waals surface area contributed by atoms with E-state index in [0.29, 0.717) is 0 Å². The summed E-state index contributed by atoms with van der Waals surface area (Å²) in [5.41, 5.74) is 5.11. The molecule has 0 bridgehead atoms. The molecule has 3 nitrogen and oxygen atoms in total. The number of aryl methyl sites for hydroxylation is 1. The van der Waals surface area contributed by atoms with Gasteiger partial charge in [0, 0.05) is 22.1 Å². The zero-order chi connectivity index (χ0) is 19.3. The first-order valence-corrected chi connectivity index (χ1v) is 11.3. The molecule has 28 heavy (non-hydrogen) atoms. The van der Waals surface area contributed by atoms with Crippen LogP contribution in [0.25, 0.3) is 38.7 Å². The molecular formula is C24H22N2OS. The van der Waals surface area contributed by atoms with Gasteiger partial charge in [0.1, 0.15) is 11.4 Å². The standard InChI is InChI=1S/C24H22N2OS/c1-4-22-25-18-12-6-7-13-19(18)26(22)20-14-8-10-16-17-11-9-15-21(28(3)5-2)24(17)27-23(16)20/h5-15H,4H2,1-3H3. The molecule has 5 aromatic rings. The number of furan rings is 1. The van der Waals surface area contributed by atoms with Crippen LogP contribution in [0.1, 0.15) is 19.7 Å². The Morgan fingerprint density at radius 3 is 2.50 bits per heavy atom. The summed E-state index contributed by atoms with van der Waals surface area (Å²) >= 11 is 0. The van der Waals surface area contributed by atoms with Crippen LogP contribution in [-0.4, -0.2) is 21.2 Å². The molecule has 1 atom stereocenters. The van der Waals surface area contributed by atoms with Crippen molar-refractivity contribution in [1.82, 2.24) is 9.55 Å². The first-order valence-electron chi connectivity index (χ1n) is 9.58. The van der Waals surface area contributed by atoms with Gasteiger partial charge >= 0.3 is 0 Å². The van der Waals surface area contributed by atoms with E-state index in [2.05, 4.69) is 84.6 Å². The van der Waals surface area contributed by atoms with Crippen LogP contribution in [0.2, 0.25) is 0 Å². The Morgan fingerprint density at radius 2 is 1.71 bits per heavy atom. The SMILES string of the molecule is C/C=S(/C)c1cccc2c1oc1c(-n3c(CC)nc4ccccc43)cccc12. The van der Waals surface area contributed by atoms with E-state index in [1.54, 1.807) is 0 Å². The minimum absolute atomic E-state index is 0.0489. The van der Waals surface area contributed by atoms with Crippen molar-refractivity contribution in [2.45, 2.75) is 25.2 Å². The van der Waals surface area contributed by atoms with E-state index in [1.807, 2.05) is 6.07 Å². The van der Waals surface area contributed by atoms with Crippen molar-refractivity contribution >= 4 is 48.8 Å². The summed E-state index contributed by atoms with van der Waals surface area (Å²) in [5, 5.41) is 4.57. The molecule has 0 N–H and O–H groups in total. The molecule has 0 aliphatic rings. The number of rotatable bonds is 3. The van der Waals surface area contributed by atoms with Crippen molar-refractivity contribution in [2.24, 2.45) is 0 Å². The first kappa shape index (κ1) is 17.3. The Kier molecular flexibility index (Phi) is 4.09. The smallest absolute Gasteiger partial charge is 0.159 e. The topological polar surface area (TPSA) is 31.0 Å². The Labute approximate surface area is 166 Å². The molecule has 0 saturated heterocycles. The van der Waals surface area contributed by atoms with E-state index < -0.39 is 0 Å². The molecule has 0 radical (unpaired) electrons. The van der Waals surface area contributed by atoms with Crippen molar-refractivity contribution in [1.29, 1.82) is 0 Å². The Bertz CT molecular complexity index is 1370. The number of hydrogen-bond acceptors (Lipinski definition) is 2. The van der Waals surface area contributed by atoms with Crippen LogP contribution in [0, 0.1) is 0 Å². The van der Waals surface area contributed by atoms with Gasteiger partial charge in [-0.3, -0.25) is 4.57 Å². The summed E-state index contributed by atoms with van der Waals surface area (Å²) in [6, 6.07) is 21.2. The summed E-state index contributed by atoms with van der Waals surface area (Å²) in [6.07, 6.45) is 3.10. The molecule has 0 fully saturated rings. The lowest BCUT2D eigenvalue weighted by atomic mass is 10.1. The zero-order valence-electron chi connectivity index (χ0n) is 16.3. The van der Waals surface area contributed by atoms with Crippen molar-refractivity contribution in [2.75, 3.05) is 6.26 Å². The largest absolute Gasteiger partial charge is 0.453 e. The zero-order valence-corrected chi connectivity index (χ0v) is 17.1. The van der Waals surface area contributed by atoms with Gasteiger partial charge in [0.2, 0.25) is 0 Å². The molecular weight excluding hydrogens is 364 g/mol. The van der Waals surface area contributed by atoms with Crippen molar-refractivity contribution in [3.63, 3.8) is 0 Å². The third kappa shape index (κ3) is 2.45. The third-order valence-corrected chi connectivity index (χ3v) is 7.08. The lowest BCUT2D eigenvalue weighted by Gasteiger charge is -2.08. The maximum atomic E-state index is 6.55. The van der Waals surface area contributed by atoms with Gasteiger partial charge in [0.15, 0.2) is 5.58 Å². The number of imidazole rings is 1. The van der Waals surface area contributed by atoms with Crippen molar-refractivity contribution < 1.29 is 4.42 Å². The van der Waals surface area contributed by atoms with Crippen LogP contribution < -0.4 is 0 Å². The van der Waals surface area contributed by atoms with E-state index in [-0.39, 0.29) is 10.5 Å².